The van der Waals surface area contributed by atoms with E-state index < -0.39 is 5.66 Å². The molecule has 6 heteroatoms. The number of nitriles is 1. The van der Waals surface area contributed by atoms with Gasteiger partial charge in [-0.25, -0.2) is 4.99 Å². The molecule has 3 aliphatic rings. The maximum atomic E-state index is 9.39. The van der Waals surface area contributed by atoms with Gasteiger partial charge in [-0.15, -0.1) is 0 Å². The van der Waals surface area contributed by atoms with Gasteiger partial charge in [-0.05, 0) is 86.4 Å². The summed E-state index contributed by atoms with van der Waals surface area (Å²) < 4.78 is 5.66. The first-order valence-electron chi connectivity index (χ1n) is 11.2. The number of hydrogen-bond acceptors (Lipinski definition) is 5. The van der Waals surface area contributed by atoms with E-state index in [9.17, 15) is 5.26 Å². The molecule has 0 unspecified atom stereocenters. The average Bonchev–Trinajstić information content (AvgIpc) is 3.12. The van der Waals surface area contributed by atoms with Gasteiger partial charge in [0.1, 0.15) is 5.84 Å². The van der Waals surface area contributed by atoms with Crippen molar-refractivity contribution in [1.82, 2.24) is 0 Å². The minimum absolute atomic E-state index is 0.0673. The van der Waals surface area contributed by atoms with Crippen LogP contribution in [0.2, 0.25) is 5.02 Å². The zero-order valence-electron chi connectivity index (χ0n) is 18.5. The van der Waals surface area contributed by atoms with Crippen molar-refractivity contribution in [3.63, 3.8) is 0 Å². The number of aryl methyl sites for hydroxylation is 1. The number of ether oxygens (including phenoxy) is 1. The number of methoxy groups -OCH3 is 1. The van der Waals surface area contributed by atoms with Gasteiger partial charge in [0.25, 0.3) is 0 Å². The molecule has 0 aromatic heterocycles. The summed E-state index contributed by atoms with van der Waals surface area (Å²) in [5.74, 6) is 0.533. The number of fused-ring (bicyclic) bond motifs is 3. The topological polar surface area (TPSA) is 83.8 Å². The van der Waals surface area contributed by atoms with Crippen molar-refractivity contribution in [3.8, 4) is 17.2 Å². The Morgan fingerprint density at radius 3 is 2.53 bits per heavy atom. The lowest BCUT2D eigenvalue weighted by atomic mass is 9.57. The summed E-state index contributed by atoms with van der Waals surface area (Å²) in [6, 6.07) is 14.2. The van der Waals surface area contributed by atoms with Crippen molar-refractivity contribution in [2.24, 2.45) is 21.1 Å². The van der Waals surface area contributed by atoms with E-state index in [1.807, 2.05) is 19.1 Å². The molecule has 1 saturated carbocycles. The van der Waals surface area contributed by atoms with Gasteiger partial charge in [0.15, 0.2) is 5.66 Å². The van der Waals surface area contributed by atoms with Gasteiger partial charge in [-0.2, -0.15) is 5.26 Å². The number of hydrogen-bond donors (Lipinski definition) is 1. The van der Waals surface area contributed by atoms with Crippen LogP contribution in [0.4, 0.5) is 0 Å². The molecule has 2 aromatic rings. The molecule has 0 bridgehead atoms. The molecule has 1 atom stereocenters. The molecule has 5 rings (SSSR count). The SMILES string of the molecule is CO[C@H]1CC[C@@]2(CCc3ccc(-c4cc(Cl)cc(C#N)c4)cc3[C@]23N=C(C)C(N)=N3)CC1. The largest absolute Gasteiger partial charge is 0.382 e. The first kappa shape index (κ1) is 21.2. The summed E-state index contributed by atoms with van der Waals surface area (Å²) in [5, 5.41) is 9.94. The fourth-order valence-electron chi connectivity index (χ4n) is 5.87. The van der Waals surface area contributed by atoms with Gasteiger partial charge in [-0.1, -0.05) is 23.7 Å². The van der Waals surface area contributed by atoms with Gasteiger partial charge in [0, 0.05) is 23.1 Å². The summed E-state index contributed by atoms with van der Waals surface area (Å²) in [7, 11) is 1.80. The van der Waals surface area contributed by atoms with Crippen LogP contribution in [0.15, 0.2) is 46.4 Å². The molecule has 32 heavy (non-hydrogen) atoms. The second-order valence-corrected chi connectivity index (χ2v) is 9.73. The number of rotatable bonds is 2. The predicted octanol–water partition coefficient (Wildman–Crippen LogP) is 5.38. The van der Waals surface area contributed by atoms with Crippen LogP contribution < -0.4 is 5.73 Å². The van der Waals surface area contributed by atoms with Gasteiger partial charge in [0.2, 0.25) is 0 Å². The maximum absolute atomic E-state index is 9.39. The van der Waals surface area contributed by atoms with Crippen molar-refractivity contribution < 1.29 is 4.74 Å². The standard InChI is InChI=1S/C26H27ClN4O/c1-16-24(29)31-26(30-16)23-14-19(20-11-17(15-28)12-21(27)13-20)4-3-18(23)5-8-25(26)9-6-22(32-2)7-10-25/h3-4,11-14,22H,5-10H2,1-2H3,(H2,29,31)/t22-,25-,26-/m1/s1. The van der Waals surface area contributed by atoms with Crippen molar-refractivity contribution in [2.75, 3.05) is 7.11 Å². The van der Waals surface area contributed by atoms with Crippen molar-refractivity contribution >= 4 is 23.1 Å². The second kappa shape index (κ2) is 7.72. The monoisotopic (exact) mass is 446 g/mol. The van der Waals surface area contributed by atoms with Crippen LogP contribution in [-0.4, -0.2) is 24.8 Å². The summed E-state index contributed by atoms with van der Waals surface area (Å²) in [4.78, 5) is 10.3. The molecular weight excluding hydrogens is 420 g/mol. The second-order valence-electron chi connectivity index (χ2n) is 9.29. The first-order chi connectivity index (χ1) is 15.4. The number of nitrogens with two attached hydrogens (primary N) is 1. The highest BCUT2D eigenvalue weighted by atomic mass is 35.5. The van der Waals surface area contributed by atoms with Crippen LogP contribution in [0.25, 0.3) is 11.1 Å². The van der Waals surface area contributed by atoms with Gasteiger partial charge in [0.05, 0.1) is 23.4 Å². The highest BCUT2D eigenvalue weighted by Gasteiger charge is 2.58. The zero-order valence-corrected chi connectivity index (χ0v) is 19.2. The number of benzene rings is 2. The molecular formula is C26H27ClN4O. The molecule has 2 N–H and O–H groups in total. The molecule has 0 radical (unpaired) electrons. The Bertz CT molecular complexity index is 1170. The molecule has 1 aliphatic heterocycles. The van der Waals surface area contributed by atoms with Crippen LogP contribution in [0.3, 0.4) is 0 Å². The van der Waals surface area contributed by atoms with E-state index in [-0.39, 0.29) is 5.41 Å². The first-order valence-corrected chi connectivity index (χ1v) is 11.6. The van der Waals surface area contributed by atoms with Crippen LogP contribution >= 0.6 is 11.6 Å². The third-order valence-corrected chi connectivity index (χ3v) is 7.88. The molecule has 164 valence electrons. The fourth-order valence-corrected chi connectivity index (χ4v) is 6.10. The van der Waals surface area contributed by atoms with Crippen LogP contribution in [-0.2, 0) is 16.8 Å². The molecule has 1 heterocycles. The molecule has 2 aromatic carbocycles. The molecule has 5 nitrogen and oxygen atoms in total. The van der Waals surface area contributed by atoms with E-state index in [1.54, 1.807) is 13.2 Å². The third-order valence-electron chi connectivity index (χ3n) is 7.66. The average molecular weight is 447 g/mol. The van der Waals surface area contributed by atoms with E-state index in [2.05, 4.69) is 24.3 Å². The summed E-state index contributed by atoms with van der Waals surface area (Å²) in [5.41, 5.74) is 11.3. The van der Waals surface area contributed by atoms with E-state index in [0.717, 1.165) is 60.9 Å². The number of aliphatic imine (C=N–C) groups is 2. The van der Waals surface area contributed by atoms with E-state index in [4.69, 9.17) is 32.1 Å². The van der Waals surface area contributed by atoms with Crippen LogP contribution in [0.1, 0.15) is 55.7 Å². The van der Waals surface area contributed by atoms with E-state index in [0.29, 0.717) is 22.5 Å². The normalized spacial score (nSPS) is 28.9. The molecule has 2 spiro atoms. The lowest BCUT2D eigenvalue weighted by Gasteiger charge is -2.52. The molecule has 0 amide bonds. The van der Waals surface area contributed by atoms with Gasteiger partial charge >= 0.3 is 0 Å². The van der Waals surface area contributed by atoms with E-state index in [1.165, 1.54) is 5.56 Å². The zero-order chi connectivity index (χ0) is 22.5. The minimum atomic E-state index is -0.694. The van der Waals surface area contributed by atoms with Crippen molar-refractivity contribution in [2.45, 2.75) is 57.2 Å². The van der Waals surface area contributed by atoms with Gasteiger partial charge < -0.3 is 10.5 Å². The minimum Gasteiger partial charge on any atom is -0.382 e. The Morgan fingerprint density at radius 2 is 1.88 bits per heavy atom. The Hall–Kier alpha value is -2.68. The smallest absolute Gasteiger partial charge is 0.184 e. The highest BCUT2D eigenvalue weighted by Crippen LogP contribution is 2.60. The Morgan fingerprint density at radius 1 is 1.09 bits per heavy atom. The fraction of sp³-hybridized carbons (Fsp3) is 0.423. The number of amidine groups is 1. The summed E-state index contributed by atoms with van der Waals surface area (Å²) in [6.07, 6.45) is 6.39. The highest BCUT2D eigenvalue weighted by molar-refractivity contribution is 6.41. The lowest BCUT2D eigenvalue weighted by Crippen LogP contribution is -2.49. The molecule has 1 fully saturated rings. The predicted molar refractivity (Wildman–Crippen MR) is 128 cm³/mol. The Balaban J connectivity index is 1.68. The van der Waals surface area contributed by atoms with Crippen molar-refractivity contribution in [3.05, 3.63) is 58.1 Å². The quantitative estimate of drug-likeness (QED) is 0.671. The van der Waals surface area contributed by atoms with Gasteiger partial charge in [-0.3, -0.25) is 4.99 Å². The maximum Gasteiger partial charge on any atom is 0.184 e. The van der Waals surface area contributed by atoms with E-state index >= 15 is 0 Å². The number of halogens is 1. The molecule has 0 saturated heterocycles. The Labute approximate surface area is 194 Å². The Kier molecular flexibility index (Phi) is 5.11. The molecule has 2 aliphatic carbocycles. The third kappa shape index (κ3) is 3.17. The lowest BCUT2D eigenvalue weighted by molar-refractivity contribution is -0.0180. The number of nitrogens with zero attached hydrogens (tertiary/aromatic N) is 3. The summed E-state index contributed by atoms with van der Waals surface area (Å²) >= 11 is 6.30. The summed E-state index contributed by atoms with van der Waals surface area (Å²) in [6.45, 7) is 1.95. The van der Waals surface area contributed by atoms with Crippen LogP contribution in [0.5, 0.6) is 0 Å². The van der Waals surface area contributed by atoms with Crippen LogP contribution in [0, 0.1) is 16.7 Å². The van der Waals surface area contributed by atoms with Crippen molar-refractivity contribution in [1.29, 1.82) is 5.26 Å².